The molecular weight excluding hydrogens is 208 g/mol. The summed E-state index contributed by atoms with van der Waals surface area (Å²) in [4.78, 5) is 33.6. The molecule has 0 aromatic heterocycles. The van der Waals surface area contributed by atoms with Crippen LogP contribution >= 0.6 is 0 Å². The number of ketones is 2. The molecule has 16 heavy (non-hydrogen) atoms. The third-order valence-electron chi connectivity index (χ3n) is 2.24. The molecule has 0 saturated carbocycles. The van der Waals surface area contributed by atoms with Gasteiger partial charge in [-0.2, -0.15) is 0 Å². The smallest absolute Gasteiger partial charge is 0.304 e. The predicted molar refractivity (Wildman–Crippen MR) is 57.2 cm³/mol. The summed E-state index contributed by atoms with van der Waals surface area (Å²) in [5, 5.41) is 8.62. The number of hydrogen-bond donors (Lipinski definition) is 1. The van der Waals surface area contributed by atoms with E-state index in [4.69, 9.17) is 5.11 Å². The van der Waals surface area contributed by atoms with Crippen LogP contribution in [-0.2, 0) is 9.59 Å². The Bertz CT molecular complexity index is 408. The van der Waals surface area contributed by atoms with E-state index in [2.05, 4.69) is 0 Å². The molecule has 4 heteroatoms. The van der Waals surface area contributed by atoms with Crippen LogP contribution < -0.4 is 0 Å². The molecule has 0 bridgehead atoms. The van der Waals surface area contributed by atoms with Gasteiger partial charge in [-0.3, -0.25) is 14.4 Å². The topological polar surface area (TPSA) is 71.4 Å². The van der Waals surface area contributed by atoms with E-state index in [1.54, 1.807) is 30.3 Å². The zero-order valence-electron chi connectivity index (χ0n) is 8.84. The second-order valence-electron chi connectivity index (χ2n) is 3.49. The van der Waals surface area contributed by atoms with Crippen molar-refractivity contribution in [2.45, 2.75) is 13.3 Å². The molecular formula is C12H12O4. The van der Waals surface area contributed by atoms with E-state index in [-0.39, 0.29) is 0 Å². The summed E-state index contributed by atoms with van der Waals surface area (Å²) in [6, 6.07) is 8.23. The Morgan fingerprint density at radius 3 is 2.19 bits per heavy atom. The number of carboxylic acid groups (broad SMARTS) is 1. The molecule has 1 unspecified atom stereocenters. The zero-order chi connectivity index (χ0) is 12.1. The van der Waals surface area contributed by atoms with Crippen LogP contribution in [0, 0.1) is 5.92 Å². The normalized spacial score (nSPS) is 11.8. The molecule has 1 aromatic rings. The lowest BCUT2D eigenvalue weighted by molar-refractivity contribution is -0.139. The second-order valence-corrected chi connectivity index (χ2v) is 3.49. The van der Waals surface area contributed by atoms with Crippen LogP contribution in [0.5, 0.6) is 0 Å². The SMILES string of the molecule is CC(=O)C(CC(=O)O)C(=O)c1ccccc1. The number of benzene rings is 1. The van der Waals surface area contributed by atoms with E-state index in [0.29, 0.717) is 5.56 Å². The molecule has 4 nitrogen and oxygen atoms in total. The quantitative estimate of drug-likeness (QED) is 0.603. The molecule has 0 amide bonds. The van der Waals surface area contributed by atoms with Crippen LogP contribution in [0.2, 0.25) is 0 Å². The van der Waals surface area contributed by atoms with Gasteiger partial charge in [-0.15, -0.1) is 0 Å². The maximum Gasteiger partial charge on any atom is 0.304 e. The van der Waals surface area contributed by atoms with Gasteiger partial charge in [0.1, 0.15) is 5.78 Å². The second kappa shape index (κ2) is 5.21. The van der Waals surface area contributed by atoms with Crippen molar-refractivity contribution in [3.63, 3.8) is 0 Å². The highest BCUT2D eigenvalue weighted by molar-refractivity contribution is 6.11. The first kappa shape index (κ1) is 12.1. The summed E-state index contributed by atoms with van der Waals surface area (Å²) >= 11 is 0. The van der Waals surface area contributed by atoms with Gasteiger partial charge in [0.05, 0.1) is 12.3 Å². The van der Waals surface area contributed by atoms with Crippen molar-refractivity contribution in [1.82, 2.24) is 0 Å². The number of rotatable bonds is 5. The van der Waals surface area contributed by atoms with E-state index < -0.39 is 29.9 Å². The summed E-state index contributed by atoms with van der Waals surface area (Å²) in [6.07, 6.45) is -0.455. The average Bonchev–Trinajstić information content (AvgIpc) is 2.25. The zero-order valence-corrected chi connectivity index (χ0v) is 8.84. The number of aliphatic carboxylic acids is 1. The van der Waals surface area contributed by atoms with Crippen LogP contribution in [0.25, 0.3) is 0 Å². The predicted octanol–water partition coefficient (Wildman–Crippen LogP) is 1.55. The Morgan fingerprint density at radius 1 is 1.19 bits per heavy atom. The van der Waals surface area contributed by atoms with Gasteiger partial charge < -0.3 is 5.11 Å². The molecule has 1 aromatic carbocycles. The highest BCUT2D eigenvalue weighted by atomic mass is 16.4. The first-order valence-electron chi connectivity index (χ1n) is 4.84. The van der Waals surface area contributed by atoms with Gasteiger partial charge in [0.2, 0.25) is 0 Å². The van der Waals surface area contributed by atoms with Crippen molar-refractivity contribution >= 4 is 17.5 Å². The van der Waals surface area contributed by atoms with Crippen molar-refractivity contribution in [1.29, 1.82) is 0 Å². The molecule has 0 fully saturated rings. The minimum atomic E-state index is -1.15. The summed E-state index contributed by atoms with van der Waals surface area (Å²) < 4.78 is 0. The molecule has 1 rings (SSSR count). The van der Waals surface area contributed by atoms with E-state index in [1.807, 2.05) is 0 Å². The Kier molecular flexibility index (Phi) is 3.94. The number of hydrogen-bond acceptors (Lipinski definition) is 3. The van der Waals surface area contributed by atoms with Gasteiger partial charge in [-0.25, -0.2) is 0 Å². The van der Waals surface area contributed by atoms with Gasteiger partial charge in [0.15, 0.2) is 5.78 Å². The van der Waals surface area contributed by atoms with E-state index in [9.17, 15) is 14.4 Å². The third-order valence-corrected chi connectivity index (χ3v) is 2.24. The summed E-state index contributed by atoms with van der Waals surface area (Å²) in [6.45, 7) is 1.23. The van der Waals surface area contributed by atoms with Gasteiger partial charge in [-0.05, 0) is 6.92 Å². The third kappa shape index (κ3) is 3.02. The molecule has 0 spiro atoms. The van der Waals surface area contributed by atoms with Crippen molar-refractivity contribution in [3.8, 4) is 0 Å². The van der Waals surface area contributed by atoms with Crippen molar-refractivity contribution < 1.29 is 19.5 Å². The lowest BCUT2D eigenvalue weighted by Gasteiger charge is -2.09. The largest absolute Gasteiger partial charge is 0.481 e. The molecule has 0 aliphatic heterocycles. The number of Topliss-reactive ketones (excluding diaryl/α,β-unsaturated/α-hetero) is 2. The highest BCUT2D eigenvalue weighted by Crippen LogP contribution is 2.13. The first-order valence-corrected chi connectivity index (χ1v) is 4.84. The Balaban J connectivity index is 2.92. The van der Waals surface area contributed by atoms with Crippen molar-refractivity contribution in [3.05, 3.63) is 35.9 Å². The number of carbonyl (C=O) groups is 3. The first-order chi connectivity index (χ1) is 7.52. The standard InChI is InChI=1S/C12H12O4/c1-8(13)10(7-11(14)15)12(16)9-5-3-2-4-6-9/h2-6,10H,7H2,1H3,(H,14,15). The van der Waals surface area contributed by atoms with Gasteiger partial charge in [0, 0.05) is 5.56 Å². The minimum absolute atomic E-state index is 0.365. The van der Waals surface area contributed by atoms with E-state index in [0.717, 1.165) is 0 Å². The Labute approximate surface area is 92.9 Å². The van der Waals surface area contributed by atoms with Crippen molar-refractivity contribution in [2.24, 2.45) is 5.92 Å². The van der Waals surface area contributed by atoms with Crippen LogP contribution in [0.3, 0.4) is 0 Å². The molecule has 0 saturated heterocycles. The van der Waals surface area contributed by atoms with E-state index >= 15 is 0 Å². The van der Waals surface area contributed by atoms with Gasteiger partial charge in [0.25, 0.3) is 0 Å². The van der Waals surface area contributed by atoms with Crippen LogP contribution in [0.1, 0.15) is 23.7 Å². The van der Waals surface area contributed by atoms with Gasteiger partial charge in [-0.1, -0.05) is 30.3 Å². The Hall–Kier alpha value is -1.97. The summed E-state index contributed by atoms with van der Waals surface area (Å²) in [5.41, 5.74) is 0.365. The fourth-order valence-electron chi connectivity index (χ4n) is 1.40. The number of carboxylic acids is 1. The molecule has 1 atom stereocenters. The molecule has 84 valence electrons. The molecule has 0 aliphatic rings. The fraction of sp³-hybridized carbons (Fsp3) is 0.250. The highest BCUT2D eigenvalue weighted by Gasteiger charge is 2.26. The van der Waals surface area contributed by atoms with Crippen LogP contribution in [0.15, 0.2) is 30.3 Å². The monoisotopic (exact) mass is 220 g/mol. The van der Waals surface area contributed by atoms with Crippen LogP contribution in [-0.4, -0.2) is 22.6 Å². The molecule has 1 N–H and O–H groups in total. The lowest BCUT2D eigenvalue weighted by atomic mass is 9.91. The van der Waals surface area contributed by atoms with E-state index in [1.165, 1.54) is 6.92 Å². The lowest BCUT2D eigenvalue weighted by Crippen LogP contribution is -2.25. The van der Waals surface area contributed by atoms with Crippen LogP contribution in [0.4, 0.5) is 0 Å². The minimum Gasteiger partial charge on any atom is -0.481 e. The summed E-state index contributed by atoms with van der Waals surface area (Å²) in [7, 11) is 0. The molecule has 0 aliphatic carbocycles. The molecule has 0 radical (unpaired) electrons. The maximum absolute atomic E-state index is 11.8. The average molecular weight is 220 g/mol. The Morgan fingerprint density at radius 2 is 1.75 bits per heavy atom. The molecule has 0 heterocycles. The van der Waals surface area contributed by atoms with Crippen molar-refractivity contribution in [2.75, 3.05) is 0 Å². The van der Waals surface area contributed by atoms with Gasteiger partial charge >= 0.3 is 5.97 Å². The fourth-order valence-corrected chi connectivity index (χ4v) is 1.40. The maximum atomic E-state index is 11.8. The summed E-state index contributed by atoms with van der Waals surface area (Å²) in [5.74, 6) is -3.09. The number of carbonyl (C=O) groups excluding carboxylic acids is 2.